The second kappa shape index (κ2) is 6.76. The zero-order valence-corrected chi connectivity index (χ0v) is 14.3. The summed E-state index contributed by atoms with van der Waals surface area (Å²) in [5.74, 6) is -0.767. The number of anilines is 1. The number of rotatable bonds is 4. The van der Waals surface area contributed by atoms with Gasteiger partial charge in [0.2, 0.25) is 5.91 Å². The number of carbonyl (C=O) groups is 2. The lowest BCUT2D eigenvalue weighted by Crippen LogP contribution is -2.38. The largest absolute Gasteiger partial charge is 0.301 e. The normalized spacial score (nSPS) is 17.8. The average Bonchev–Trinajstić information content (AvgIpc) is 2.82. The summed E-state index contributed by atoms with van der Waals surface area (Å²) < 4.78 is 13.9. The summed E-state index contributed by atoms with van der Waals surface area (Å²) in [7, 11) is 0. The number of halogens is 2. The molecule has 1 aliphatic rings. The van der Waals surface area contributed by atoms with Crippen molar-refractivity contribution in [2.24, 2.45) is 0 Å². The molecule has 0 bridgehead atoms. The maximum absolute atomic E-state index is 12.9. The molecule has 23 heavy (non-hydrogen) atoms. The summed E-state index contributed by atoms with van der Waals surface area (Å²) in [6.07, 6.45) is 0.131. The van der Waals surface area contributed by atoms with E-state index in [0.717, 1.165) is 9.13 Å². The van der Waals surface area contributed by atoms with Crippen LogP contribution < -0.4 is 10.2 Å². The number of hydrogen-bond donors (Lipinski definition) is 1. The van der Waals surface area contributed by atoms with Gasteiger partial charge in [0, 0.05) is 10.1 Å². The van der Waals surface area contributed by atoms with Crippen molar-refractivity contribution in [3.8, 4) is 0 Å². The summed E-state index contributed by atoms with van der Waals surface area (Å²) in [5, 5.41) is 3.07. The van der Waals surface area contributed by atoms with E-state index in [4.69, 9.17) is 0 Å². The van der Waals surface area contributed by atoms with E-state index in [1.54, 1.807) is 24.3 Å². The molecule has 3 rings (SSSR count). The molecular formula is C17H14FIN2O2. The molecule has 4 nitrogen and oxygen atoms in total. The molecule has 2 aromatic carbocycles. The van der Waals surface area contributed by atoms with Crippen molar-refractivity contribution in [3.63, 3.8) is 0 Å². The summed E-state index contributed by atoms with van der Waals surface area (Å²) in [4.78, 5) is 25.8. The number of hydrogen-bond acceptors (Lipinski definition) is 3. The second-order valence-electron chi connectivity index (χ2n) is 5.31. The van der Waals surface area contributed by atoms with Crippen molar-refractivity contribution in [3.05, 3.63) is 63.5 Å². The highest BCUT2D eigenvalue weighted by atomic mass is 127. The van der Waals surface area contributed by atoms with Crippen molar-refractivity contribution in [1.82, 2.24) is 5.32 Å². The lowest BCUT2D eigenvalue weighted by molar-refractivity contribution is -0.121. The van der Waals surface area contributed by atoms with Crippen LogP contribution in [0.1, 0.15) is 12.0 Å². The van der Waals surface area contributed by atoms with Crippen LogP contribution in [0.15, 0.2) is 48.5 Å². The quantitative estimate of drug-likeness (QED) is 0.607. The molecule has 0 saturated carbocycles. The molecule has 1 saturated heterocycles. The number of amides is 2. The Morgan fingerprint density at radius 2 is 1.74 bits per heavy atom. The van der Waals surface area contributed by atoms with Gasteiger partial charge < -0.3 is 5.32 Å². The van der Waals surface area contributed by atoms with Gasteiger partial charge in [0.1, 0.15) is 5.82 Å². The van der Waals surface area contributed by atoms with Crippen LogP contribution in [-0.4, -0.2) is 17.9 Å². The fourth-order valence-corrected chi connectivity index (χ4v) is 2.86. The van der Waals surface area contributed by atoms with E-state index in [1.807, 2.05) is 12.1 Å². The molecule has 0 aromatic heterocycles. The highest BCUT2D eigenvalue weighted by Crippen LogP contribution is 2.23. The molecule has 1 atom stereocenters. The molecule has 2 aromatic rings. The fourth-order valence-electron chi connectivity index (χ4n) is 2.50. The maximum Gasteiger partial charge on any atom is 0.251 e. The number of imide groups is 1. The third-order valence-corrected chi connectivity index (χ3v) is 4.42. The molecule has 1 heterocycles. The SMILES string of the molecule is O=C1C[C@@H](NCc2ccc(F)cc2)C(=O)N1c1ccc(I)cc1. The third kappa shape index (κ3) is 3.59. The van der Waals surface area contributed by atoms with Gasteiger partial charge in [-0.15, -0.1) is 0 Å². The van der Waals surface area contributed by atoms with Crippen molar-refractivity contribution in [2.75, 3.05) is 4.90 Å². The molecule has 1 aliphatic heterocycles. The Morgan fingerprint density at radius 1 is 1.09 bits per heavy atom. The number of benzene rings is 2. The Bertz CT molecular complexity index is 731. The van der Waals surface area contributed by atoms with Gasteiger partial charge in [-0.05, 0) is 64.6 Å². The van der Waals surface area contributed by atoms with Gasteiger partial charge in [0.25, 0.3) is 5.91 Å². The van der Waals surface area contributed by atoms with Crippen molar-refractivity contribution < 1.29 is 14.0 Å². The first-order chi connectivity index (χ1) is 11.0. The minimum absolute atomic E-state index is 0.131. The lowest BCUT2D eigenvalue weighted by Gasteiger charge is -2.15. The van der Waals surface area contributed by atoms with Gasteiger partial charge in [0.15, 0.2) is 0 Å². The molecule has 0 aliphatic carbocycles. The van der Waals surface area contributed by atoms with Crippen molar-refractivity contribution in [2.45, 2.75) is 19.0 Å². The Labute approximate surface area is 146 Å². The standard InChI is InChI=1S/C17H14FIN2O2/c18-12-3-1-11(2-4-12)10-20-15-9-16(22)21(17(15)23)14-7-5-13(19)6-8-14/h1-8,15,20H,9-10H2/t15-/m1/s1. The van der Waals surface area contributed by atoms with Gasteiger partial charge >= 0.3 is 0 Å². The zero-order chi connectivity index (χ0) is 16.4. The van der Waals surface area contributed by atoms with Gasteiger partial charge in [-0.1, -0.05) is 12.1 Å². The van der Waals surface area contributed by atoms with E-state index < -0.39 is 6.04 Å². The predicted octanol–water partition coefficient (Wildman–Crippen LogP) is 2.85. The van der Waals surface area contributed by atoms with Crippen LogP contribution in [-0.2, 0) is 16.1 Å². The Balaban J connectivity index is 1.68. The average molecular weight is 424 g/mol. The first-order valence-corrected chi connectivity index (χ1v) is 8.22. The Kier molecular flexibility index (Phi) is 4.72. The van der Waals surface area contributed by atoms with Crippen molar-refractivity contribution in [1.29, 1.82) is 0 Å². The number of nitrogens with one attached hydrogen (secondary N) is 1. The summed E-state index contributed by atoms with van der Waals surface area (Å²) in [6.45, 7) is 0.407. The smallest absolute Gasteiger partial charge is 0.251 e. The van der Waals surface area contributed by atoms with Crippen LogP contribution in [0.4, 0.5) is 10.1 Å². The molecule has 0 radical (unpaired) electrons. The van der Waals surface area contributed by atoms with Crippen LogP contribution in [0.3, 0.4) is 0 Å². The monoisotopic (exact) mass is 424 g/mol. The lowest BCUT2D eigenvalue weighted by atomic mass is 10.2. The summed E-state index contributed by atoms with van der Waals surface area (Å²) in [5.41, 5.74) is 1.45. The third-order valence-electron chi connectivity index (χ3n) is 3.70. The number of carbonyl (C=O) groups excluding carboxylic acids is 2. The van der Waals surface area contributed by atoms with Crippen LogP contribution in [0.2, 0.25) is 0 Å². The fraction of sp³-hybridized carbons (Fsp3) is 0.176. The summed E-state index contributed by atoms with van der Waals surface area (Å²) in [6, 6.07) is 12.7. The first-order valence-electron chi connectivity index (χ1n) is 7.15. The minimum atomic E-state index is -0.549. The number of nitrogens with zero attached hydrogens (tertiary/aromatic N) is 1. The minimum Gasteiger partial charge on any atom is -0.301 e. The van der Waals surface area contributed by atoms with Gasteiger partial charge in [-0.25, -0.2) is 9.29 Å². The van der Waals surface area contributed by atoms with Gasteiger partial charge in [-0.2, -0.15) is 0 Å². The molecule has 6 heteroatoms. The first kappa shape index (κ1) is 16.1. The molecule has 1 fully saturated rings. The van der Waals surface area contributed by atoms with Crippen LogP contribution >= 0.6 is 22.6 Å². The maximum atomic E-state index is 12.9. The molecule has 118 valence electrons. The highest BCUT2D eigenvalue weighted by Gasteiger charge is 2.39. The van der Waals surface area contributed by atoms with Gasteiger partial charge in [0.05, 0.1) is 18.2 Å². The highest BCUT2D eigenvalue weighted by molar-refractivity contribution is 14.1. The van der Waals surface area contributed by atoms with Crippen LogP contribution in [0.5, 0.6) is 0 Å². The second-order valence-corrected chi connectivity index (χ2v) is 6.55. The Morgan fingerprint density at radius 3 is 2.39 bits per heavy atom. The van der Waals surface area contributed by atoms with E-state index in [1.165, 1.54) is 17.0 Å². The summed E-state index contributed by atoms with van der Waals surface area (Å²) >= 11 is 2.17. The van der Waals surface area contributed by atoms with E-state index in [9.17, 15) is 14.0 Å². The van der Waals surface area contributed by atoms with Gasteiger partial charge in [-0.3, -0.25) is 9.59 Å². The van der Waals surface area contributed by atoms with Crippen LogP contribution in [0.25, 0.3) is 0 Å². The van der Waals surface area contributed by atoms with E-state index in [0.29, 0.717) is 12.2 Å². The molecule has 2 amide bonds. The zero-order valence-electron chi connectivity index (χ0n) is 12.1. The van der Waals surface area contributed by atoms with E-state index in [2.05, 4.69) is 27.9 Å². The van der Waals surface area contributed by atoms with E-state index >= 15 is 0 Å². The molecule has 0 unspecified atom stereocenters. The molecule has 0 spiro atoms. The van der Waals surface area contributed by atoms with Crippen molar-refractivity contribution >= 4 is 40.1 Å². The van der Waals surface area contributed by atoms with Crippen LogP contribution in [0, 0.1) is 9.39 Å². The molecule has 1 N–H and O–H groups in total. The topological polar surface area (TPSA) is 49.4 Å². The van der Waals surface area contributed by atoms with E-state index in [-0.39, 0.29) is 24.1 Å². The predicted molar refractivity (Wildman–Crippen MR) is 93.3 cm³/mol. The Hall–Kier alpha value is -1.80. The molecular weight excluding hydrogens is 410 g/mol.